The molecule has 3 N–H and O–H groups in total. The first-order chi connectivity index (χ1) is 10.6. The number of hydrogen-bond acceptors (Lipinski definition) is 4. The van der Waals surface area contributed by atoms with E-state index in [0.717, 1.165) is 26.1 Å². The highest BCUT2D eigenvalue weighted by atomic mass is 35.5. The van der Waals surface area contributed by atoms with E-state index in [1.807, 2.05) is 6.92 Å². The summed E-state index contributed by atoms with van der Waals surface area (Å²) in [5.74, 6) is 0.178. The van der Waals surface area contributed by atoms with E-state index in [1.165, 1.54) is 11.1 Å². The lowest BCUT2D eigenvalue weighted by Crippen LogP contribution is -2.48. The predicted molar refractivity (Wildman–Crippen MR) is 99.9 cm³/mol. The van der Waals surface area contributed by atoms with Gasteiger partial charge in [-0.1, -0.05) is 24.3 Å². The number of amides is 1. The largest absolute Gasteiger partial charge is 0.391 e. The smallest absolute Gasteiger partial charge is 0.237 e. The van der Waals surface area contributed by atoms with Crippen LogP contribution in [-0.2, 0) is 17.8 Å². The molecule has 2 heterocycles. The zero-order valence-corrected chi connectivity index (χ0v) is 15.5. The molecule has 0 bridgehead atoms. The molecular weight excluding hydrogens is 349 g/mol. The maximum absolute atomic E-state index is 12.4. The second-order valence-electron chi connectivity index (χ2n) is 6.40. The Morgan fingerprint density at radius 3 is 2.71 bits per heavy atom. The molecule has 1 amide bonds. The highest BCUT2D eigenvalue weighted by molar-refractivity contribution is 5.85. The average molecular weight is 376 g/mol. The lowest BCUT2D eigenvalue weighted by Gasteiger charge is -2.33. The molecular formula is C17H27Cl2N3O2. The van der Waals surface area contributed by atoms with Crippen LogP contribution < -0.4 is 10.6 Å². The van der Waals surface area contributed by atoms with Gasteiger partial charge in [-0.2, -0.15) is 0 Å². The molecule has 24 heavy (non-hydrogen) atoms. The maximum Gasteiger partial charge on any atom is 0.237 e. The standard InChI is InChI=1S/C17H25N3O2.2ClH/c1-12(17(22)19-9-15-8-18-10-16(15)21)20-7-6-13-4-2-3-5-14(13)11-20;;/h2-5,12,15-16,18,21H,6-11H2,1H3,(H,19,22);2*1H. The number of nitrogens with zero attached hydrogens (tertiary/aromatic N) is 1. The zero-order valence-electron chi connectivity index (χ0n) is 13.9. The van der Waals surface area contributed by atoms with Gasteiger partial charge in [0.25, 0.3) is 0 Å². The van der Waals surface area contributed by atoms with E-state index >= 15 is 0 Å². The summed E-state index contributed by atoms with van der Waals surface area (Å²) in [5.41, 5.74) is 2.72. The number of rotatable bonds is 4. The van der Waals surface area contributed by atoms with Gasteiger partial charge in [0.1, 0.15) is 0 Å². The van der Waals surface area contributed by atoms with Gasteiger partial charge in [0.2, 0.25) is 5.91 Å². The van der Waals surface area contributed by atoms with E-state index in [9.17, 15) is 9.90 Å². The number of halogens is 2. The fourth-order valence-corrected chi connectivity index (χ4v) is 3.32. The summed E-state index contributed by atoms with van der Waals surface area (Å²) in [4.78, 5) is 14.6. The summed E-state index contributed by atoms with van der Waals surface area (Å²) in [6.45, 7) is 5.65. The minimum atomic E-state index is -0.350. The zero-order chi connectivity index (χ0) is 15.5. The number of fused-ring (bicyclic) bond motifs is 1. The Kier molecular flexibility index (Phi) is 8.46. The number of carbonyl (C=O) groups is 1. The van der Waals surface area contributed by atoms with Crippen molar-refractivity contribution < 1.29 is 9.90 Å². The number of aliphatic hydroxyl groups excluding tert-OH is 1. The Labute approximate surface area is 156 Å². The van der Waals surface area contributed by atoms with Crippen LogP contribution in [0.2, 0.25) is 0 Å². The lowest BCUT2D eigenvalue weighted by molar-refractivity contribution is -0.126. The summed E-state index contributed by atoms with van der Waals surface area (Å²) in [6.07, 6.45) is 0.649. The van der Waals surface area contributed by atoms with Crippen LogP contribution in [-0.4, -0.2) is 54.2 Å². The van der Waals surface area contributed by atoms with Gasteiger partial charge in [0, 0.05) is 38.6 Å². The van der Waals surface area contributed by atoms with Crippen molar-refractivity contribution in [2.24, 2.45) is 5.92 Å². The number of nitrogens with one attached hydrogen (secondary N) is 2. The molecule has 1 fully saturated rings. The van der Waals surface area contributed by atoms with E-state index in [2.05, 4.69) is 39.8 Å². The first-order valence-electron chi connectivity index (χ1n) is 8.12. The van der Waals surface area contributed by atoms with Crippen LogP contribution in [0.15, 0.2) is 24.3 Å². The molecule has 0 aliphatic carbocycles. The van der Waals surface area contributed by atoms with Crippen molar-refractivity contribution in [3.8, 4) is 0 Å². The van der Waals surface area contributed by atoms with Crippen molar-refractivity contribution >= 4 is 30.7 Å². The molecule has 5 nitrogen and oxygen atoms in total. The van der Waals surface area contributed by atoms with Crippen molar-refractivity contribution in [1.29, 1.82) is 0 Å². The van der Waals surface area contributed by atoms with Gasteiger partial charge in [-0.15, -0.1) is 24.8 Å². The molecule has 1 saturated heterocycles. The van der Waals surface area contributed by atoms with Crippen molar-refractivity contribution in [2.45, 2.75) is 32.0 Å². The molecule has 1 aromatic rings. The normalized spacial score (nSPS) is 24.2. The minimum Gasteiger partial charge on any atom is -0.391 e. The van der Waals surface area contributed by atoms with Crippen LogP contribution in [0.1, 0.15) is 18.1 Å². The van der Waals surface area contributed by atoms with Crippen LogP contribution in [0.25, 0.3) is 0 Å². The molecule has 0 spiro atoms. The highest BCUT2D eigenvalue weighted by Gasteiger charge is 2.28. The summed E-state index contributed by atoms with van der Waals surface area (Å²) >= 11 is 0. The van der Waals surface area contributed by atoms with E-state index in [4.69, 9.17) is 0 Å². The summed E-state index contributed by atoms with van der Waals surface area (Å²) < 4.78 is 0. The second-order valence-corrected chi connectivity index (χ2v) is 6.40. The van der Waals surface area contributed by atoms with Gasteiger partial charge in [0.05, 0.1) is 12.1 Å². The number of carbonyl (C=O) groups excluding carboxylic acids is 1. The summed E-state index contributed by atoms with van der Waals surface area (Å²) in [5, 5.41) is 15.9. The van der Waals surface area contributed by atoms with E-state index < -0.39 is 0 Å². The van der Waals surface area contributed by atoms with Crippen LogP contribution >= 0.6 is 24.8 Å². The number of β-amino-alcohol motifs (C(OH)–C–C–N with tert-alkyl or cyclic N) is 1. The molecule has 1 aromatic carbocycles. The lowest BCUT2D eigenvalue weighted by atomic mass is 9.98. The third-order valence-corrected chi connectivity index (χ3v) is 4.93. The molecule has 7 heteroatoms. The molecule has 0 saturated carbocycles. The predicted octanol–water partition coefficient (Wildman–Crippen LogP) is 0.973. The van der Waals surface area contributed by atoms with Crippen LogP contribution in [0.4, 0.5) is 0 Å². The summed E-state index contributed by atoms with van der Waals surface area (Å²) in [7, 11) is 0. The van der Waals surface area contributed by atoms with Gasteiger partial charge in [-0.3, -0.25) is 9.69 Å². The van der Waals surface area contributed by atoms with Crippen molar-refractivity contribution in [3.63, 3.8) is 0 Å². The molecule has 136 valence electrons. The Bertz CT molecular complexity index is 544. The third-order valence-electron chi connectivity index (χ3n) is 4.93. The number of hydrogen-bond donors (Lipinski definition) is 3. The minimum absolute atomic E-state index is 0. The Balaban J connectivity index is 0.00000144. The molecule has 3 rings (SSSR count). The Hall–Kier alpha value is -0.850. The van der Waals surface area contributed by atoms with Crippen molar-refractivity contribution in [2.75, 3.05) is 26.2 Å². The highest BCUT2D eigenvalue weighted by Crippen LogP contribution is 2.20. The quantitative estimate of drug-likeness (QED) is 0.733. The molecule has 2 aliphatic heterocycles. The molecule has 0 radical (unpaired) electrons. The van der Waals surface area contributed by atoms with Gasteiger partial charge < -0.3 is 15.7 Å². The van der Waals surface area contributed by atoms with Gasteiger partial charge in [0.15, 0.2) is 0 Å². The average Bonchev–Trinajstić information content (AvgIpc) is 2.96. The molecule has 3 atom stereocenters. The molecule has 2 aliphatic rings. The van der Waals surface area contributed by atoms with Gasteiger partial charge in [-0.25, -0.2) is 0 Å². The second kappa shape index (κ2) is 9.59. The van der Waals surface area contributed by atoms with E-state index in [1.54, 1.807) is 0 Å². The van der Waals surface area contributed by atoms with E-state index in [-0.39, 0.29) is 48.8 Å². The van der Waals surface area contributed by atoms with Crippen molar-refractivity contribution in [1.82, 2.24) is 15.5 Å². The van der Waals surface area contributed by atoms with Gasteiger partial charge >= 0.3 is 0 Å². The van der Waals surface area contributed by atoms with Crippen LogP contribution in [0.5, 0.6) is 0 Å². The maximum atomic E-state index is 12.4. The number of benzene rings is 1. The molecule has 3 unspecified atom stereocenters. The third kappa shape index (κ3) is 4.83. The van der Waals surface area contributed by atoms with E-state index in [0.29, 0.717) is 13.1 Å². The van der Waals surface area contributed by atoms with Crippen LogP contribution in [0.3, 0.4) is 0 Å². The molecule has 0 aromatic heterocycles. The topological polar surface area (TPSA) is 64.6 Å². The first-order valence-corrected chi connectivity index (χ1v) is 8.12. The first kappa shape index (κ1) is 21.2. The summed E-state index contributed by atoms with van der Waals surface area (Å²) in [6, 6.07) is 8.31. The van der Waals surface area contributed by atoms with Crippen molar-refractivity contribution in [3.05, 3.63) is 35.4 Å². The van der Waals surface area contributed by atoms with Gasteiger partial charge in [-0.05, 0) is 24.5 Å². The SMILES string of the molecule is CC(C(=O)NCC1CNCC1O)N1CCc2ccccc2C1.Cl.Cl. The monoisotopic (exact) mass is 375 g/mol. The fourth-order valence-electron chi connectivity index (χ4n) is 3.32. The number of aliphatic hydroxyl groups is 1. The Morgan fingerprint density at radius 1 is 1.33 bits per heavy atom. The fraction of sp³-hybridized carbons (Fsp3) is 0.588. The Morgan fingerprint density at radius 2 is 2.04 bits per heavy atom. The van der Waals surface area contributed by atoms with Crippen LogP contribution in [0, 0.1) is 5.92 Å².